The van der Waals surface area contributed by atoms with Crippen molar-refractivity contribution in [2.45, 2.75) is 13.2 Å². The molecule has 0 fully saturated rings. The van der Waals surface area contributed by atoms with Gasteiger partial charge in [-0.3, -0.25) is 0 Å². The highest BCUT2D eigenvalue weighted by atomic mass is 19.3. The van der Waals surface area contributed by atoms with E-state index < -0.39 is 6.61 Å². The highest BCUT2D eigenvalue weighted by Crippen LogP contribution is 2.19. The number of rotatable bonds is 10. The summed E-state index contributed by atoms with van der Waals surface area (Å²) in [6.07, 6.45) is 0. The van der Waals surface area contributed by atoms with Crippen LogP contribution in [0.15, 0.2) is 24.3 Å². The Bertz CT molecular complexity index is 350. The molecule has 108 valence electrons. The fourth-order valence-corrected chi connectivity index (χ4v) is 1.47. The molecule has 0 aromatic heterocycles. The van der Waals surface area contributed by atoms with Crippen LogP contribution < -0.4 is 10.1 Å². The zero-order valence-electron chi connectivity index (χ0n) is 10.9. The summed E-state index contributed by atoms with van der Waals surface area (Å²) < 4.78 is 38.9. The topological polar surface area (TPSA) is 39.7 Å². The van der Waals surface area contributed by atoms with E-state index in [1.54, 1.807) is 25.3 Å². The molecule has 0 saturated heterocycles. The lowest BCUT2D eigenvalue weighted by Crippen LogP contribution is -2.20. The Kier molecular flexibility index (Phi) is 8.04. The van der Waals surface area contributed by atoms with Gasteiger partial charge in [0.1, 0.15) is 5.75 Å². The quantitative estimate of drug-likeness (QED) is 0.663. The van der Waals surface area contributed by atoms with E-state index in [1.165, 1.54) is 6.07 Å². The highest BCUT2D eigenvalue weighted by Gasteiger charge is 2.08. The monoisotopic (exact) mass is 275 g/mol. The van der Waals surface area contributed by atoms with Gasteiger partial charge in [0.2, 0.25) is 0 Å². The van der Waals surface area contributed by atoms with Gasteiger partial charge in [0, 0.05) is 25.8 Å². The lowest BCUT2D eigenvalue weighted by atomic mass is 10.2. The first-order valence-corrected chi connectivity index (χ1v) is 6.04. The Labute approximate surface area is 111 Å². The molecule has 0 bridgehead atoms. The third-order valence-electron chi connectivity index (χ3n) is 2.36. The Morgan fingerprint density at radius 2 is 1.95 bits per heavy atom. The highest BCUT2D eigenvalue weighted by molar-refractivity contribution is 5.33. The van der Waals surface area contributed by atoms with E-state index in [2.05, 4.69) is 10.1 Å². The summed E-state index contributed by atoms with van der Waals surface area (Å²) in [7, 11) is 1.61. The molecule has 0 spiro atoms. The molecular formula is C13H19F2NO3. The molecule has 1 aromatic carbocycles. The first-order valence-electron chi connectivity index (χ1n) is 6.04. The van der Waals surface area contributed by atoms with E-state index in [-0.39, 0.29) is 5.75 Å². The Morgan fingerprint density at radius 1 is 1.16 bits per heavy atom. The summed E-state index contributed by atoms with van der Waals surface area (Å²) in [5.74, 6) is 0.199. The molecule has 1 aromatic rings. The smallest absolute Gasteiger partial charge is 0.387 e. The van der Waals surface area contributed by atoms with Crippen LogP contribution in [0.1, 0.15) is 5.56 Å². The summed E-state index contributed by atoms with van der Waals surface area (Å²) >= 11 is 0. The standard InChI is InChI=1S/C13H19F2NO3/c1-17-8-9-18-7-6-16-10-11-4-2-3-5-12(11)19-13(14)15/h2-5,13,16H,6-10H2,1H3. The summed E-state index contributed by atoms with van der Waals surface area (Å²) in [6.45, 7) is -0.0720. The predicted molar refractivity (Wildman–Crippen MR) is 67.5 cm³/mol. The molecule has 0 aliphatic rings. The molecule has 6 heteroatoms. The van der Waals surface area contributed by atoms with Crippen molar-refractivity contribution in [1.82, 2.24) is 5.32 Å². The van der Waals surface area contributed by atoms with Crippen LogP contribution in [-0.2, 0) is 16.0 Å². The molecule has 0 saturated carbocycles. The van der Waals surface area contributed by atoms with Crippen LogP contribution in [0.4, 0.5) is 8.78 Å². The van der Waals surface area contributed by atoms with Crippen LogP contribution in [-0.4, -0.2) is 40.1 Å². The van der Waals surface area contributed by atoms with E-state index in [0.717, 1.165) is 0 Å². The van der Waals surface area contributed by atoms with Gasteiger partial charge < -0.3 is 19.5 Å². The van der Waals surface area contributed by atoms with E-state index in [1.807, 2.05) is 0 Å². The minimum absolute atomic E-state index is 0.199. The Hall–Kier alpha value is -1.24. The third kappa shape index (κ3) is 7.05. The maximum absolute atomic E-state index is 12.2. The number of hydrogen-bond donors (Lipinski definition) is 1. The minimum atomic E-state index is -2.81. The van der Waals surface area contributed by atoms with Crippen LogP contribution in [0.25, 0.3) is 0 Å². The molecule has 1 N–H and O–H groups in total. The molecule has 0 aliphatic heterocycles. The zero-order chi connectivity index (χ0) is 13.9. The first kappa shape index (κ1) is 15.8. The van der Waals surface area contributed by atoms with Crippen molar-refractivity contribution in [3.63, 3.8) is 0 Å². The molecule has 19 heavy (non-hydrogen) atoms. The SMILES string of the molecule is COCCOCCNCc1ccccc1OC(F)F. The van der Waals surface area contributed by atoms with E-state index in [0.29, 0.717) is 38.5 Å². The van der Waals surface area contributed by atoms with Gasteiger partial charge in [-0.15, -0.1) is 0 Å². The van der Waals surface area contributed by atoms with E-state index >= 15 is 0 Å². The van der Waals surface area contributed by atoms with Gasteiger partial charge in [-0.05, 0) is 6.07 Å². The minimum Gasteiger partial charge on any atom is -0.434 e. The predicted octanol–water partition coefficient (Wildman–Crippen LogP) is 2.04. The third-order valence-corrected chi connectivity index (χ3v) is 2.36. The Balaban J connectivity index is 2.25. The van der Waals surface area contributed by atoms with E-state index in [9.17, 15) is 8.78 Å². The summed E-state index contributed by atoms with van der Waals surface area (Å²) in [4.78, 5) is 0. The van der Waals surface area contributed by atoms with Crippen molar-refractivity contribution in [2.24, 2.45) is 0 Å². The number of ether oxygens (including phenoxy) is 3. The first-order chi connectivity index (χ1) is 9.24. The molecule has 1 rings (SSSR count). The van der Waals surface area contributed by atoms with Gasteiger partial charge in [-0.25, -0.2) is 0 Å². The normalized spacial score (nSPS) is 10.9. The van der Waals surface area contributed by atoms with Gasteiger partial charge in [0.05, 0.1) is 19.8 Å². The van der Waals surface area contributed by atoms with Crippen LogP contribution in [0.3, 0.4) is 0 Å². The van der Waals surface area contributed by atoms with Gasteiger partial charge in [0.15, 0.2) is 0 Å². The second kappa shape index (κ2) is 9.66. The summed E-state index contributed by atoms with van der Waals surface area (Å²) in [5.41, 5.74) is 0.694. The van der Waals surface area contributed by atoms with Crippen molar-refractivity contribution >= 4 is 0 Å². The van der Waals surface area contributed by atoms with Crippen molar-refractivity contribution in [3.05, 3.63) is 29.8 Å². The molecule has 0 heterocycles. The molecule has 0 atom stereocenters. The van der Waals surface area contributed by atoms with Crippen LogP contribution in [0.5, 0.6) is 5.75 Å². The fourth-order valence-electron chi connectivity index (χ4n) is 1.47. The molecule has 0 amide bonds. The maximum atomic E-state index is 12.2. The second-order valence-electron chi connectivity index (χ2n) is 3.77. The van der Waals surface area contributed by atoms with Crippen molar-refractivity contribution < 1.29 is 23.0 Å². The number of hydrogen-bond acceptors (Lipinski definition) is 4. The molecule has 0 radical (unpaired) electrons. The molecule has 0 unspecified atom stereocenters. The number of alkyl halides is 2. The number of methoxy groups -OCH3 is 1. The number of para-hydroxylation sites is 1. The largest absolute Gasteiger partial charge is 0.434 e. The van der Waals surface area contributed by atoms with Crippen LogP contribution >= 0.6 is 0 Å². The van der Waals surface area contributed by atoms with E-state index in [4.69, 9.17) is 9.47 Å². The van der Waals surface area contributed by atoms with Gasteiger partial charge in [-0.2, -0.15) is 8.78 Å². The van der Waals surface area contributed by atoms with Crippen LogP contribution in [0.2, 0.25) is 0 Å². The molecule has 0 aliphatic carbocycles. The maximum Gasteiger partial charge on any atom is 0.387 e. The second-order valence-corrected chi connectivity index (χ2v) is 3.77. The number of halogens is 2. The summed E-state index contributed by atoms with van der Waals surface area (Å²) in [6, 6.07) is 6.72. The number of nitrogens with one attached hydrogen (secondary N) is 1. The summed E-state index contributed by atoms with van der Waals surface area (Å²) in [5, 5.41) is 3.10. The molecule has 4 nitrogen and oxygen atoms in total. The van der Waals surface area contributed by atoms with Crippen molar-refractivity contribution in [2.75, 3.05) is 33.5 Å². The lowest BCUT2D eigenvalue weighted by Gasteiger charge is -2.11. The average Bonchev–Trinajstić information content (AvgIpc) is 2.39. The van der Waals surface area contributed by atoms with Crippen molar-refractivity contribution in [3.8, 4) is 5.75 Å². The average molecular weight is 275 g/mol. The van der Waals surface area contributed by atoms with Crippen molar-refractivity contribution in [1.29, 1.82) is 0 Å². The van der Waals surface area contributed by atoms with Crippen LogP contribution in [0, 0.1) is 0 Å². The van der Waals surface area contributed by atoms with Gasteiger partial charge in [-0.1, -0.05) is 18.2 Å². The molecular weight excluding hydrogens is 256 g/mol. The Morgan fingerprint density at radius 3 is 2.68 bits per heavy atom. The zero-order valence-corrected chi connectivity index (χ0v) is 10.9. The number of benzene rings is 1. The fraction of sp³-hybridized carbons (Fsp3) is 0.538. The lowest BCUT2D eigenvalue weighted by molar-refractivity contribution is -0.0505. The van der Waals surface area contributed by atoms with Gasteiger partial charge in [0.25, 0.3) is 0 Å². The van der Waals surface area contributed by atoms with Gasteiger partial charge >= 0.3 is 6.61 Å².